The Balaban J connectivity index is 2.10. The largest absolute Gasteiger partial charge is 0.497 e. The number of ether oxygens (including phenoxy) is 3. The summed E-state index contributed by atoms with van der Waals surface area (Å²) in [5.41, 5.74) is 3.81. The number of carbonyl (C=O) groups is 1. The third kappa shape index (κ3) is 2.69. The Labute approximate surface area is 162 Å². The van der Waals surface area contributed by atoms with Crippen molar-refractivity contribution in [3.05, 3.63) is 42.6 Å². The van der Waals surface area contributed by atoms with E-state index in [1.807, 2.05) is 61.3 Å². The molecular formula is C22H22N2O4. The SMILES string of the molecule is COc1ccc2c(c1)c(-c1c(OC(C)=O)c3cc(OC)ccc3n1C)cn2C. The van der Waals surface area contributed by atoms with Crippen LogP contribution in [0.2, 0.25) is 0 Å². The lowest BCUT2D eigenvalue weighted by Crippen LogP contribution is -2.03. The average Bonchev–Trinajstić information content (AvgIpc) is 3.15. The standard InChI is InChI=1S/C22H22N2O4/c1-13(25)28-22-17-11-15(27-5)7-9-20(17)24(3)21(22)18-12-23(2)19-8-6-14(26-4)10-16(18)19/h6-12H,1-5H3. The summed E-state index contributed by atoms with van der Waals surface area (Å²) in [4.78, 5) is 11.9. The molecular weight excluding hydrogens is 356 g/mol. The van der Waals surface area contributed by atoms with E-state index in [-0.39, 0.29) is 5.97 Å². The Bertz CT molecular complexity index is 1220. The van der Waals surface area contributed by atoms with E-state index < -0.39 is 0 Å². The van der Waals surface area contributed by atoms with Gasteiger partial charge in [0.15, 0.2) is 5.75 Å². The molecule has 2 aromatic heterocycles. The third-order valence-electron chi connectivity index (χ3n) is 5.06. The highest BCUT2D eigenvalue weighted by Gasteiger charge is 2.23. The number of rotatable bonds is 4. The number of aromatic nitrogens is 2. The Hall–Kier alpha value is -3.41. The van der Waals surface area contributed by atoms with Crippen LogP contribution in [-0.4, -0.2) is 29.3 Å². The first kappa shape index (κ1) is 18.0. The Morgan fingerprint density at radius 3 is 2.11 bits per heavy atom. The van der Waals surface area contributed by atoms with Crippen molar-refractivity contribution in [1.82, 2.24) is 9.13 Å². The normalized spacial score (nSPS) is 11.2. The number of benzene rings is 2. The van der Waals surface area contributed by atoms with Gasteiger partial charge < -0.3 is 23.3 Å². The second-order valence-electron chi connectivity index (χ2n) is 6.75. The summed E-state index contributed by atoms with van der Waals surface area (Å²) in [6.07, 6.45) is 2.04. The molecule has 0 aliphatic rings. The van der Waals surface area contributed by atoms with Crippen molar-refractivity contribution in [1.29, 1.82) is 0 Å². The second-order valence-corrected chi connectivity index (χ2v) is 6.75. The molecule has 0 aliphatic carbocycles. The van der Waals surface area contributed by atoms with E-state index in [0.717, 1.165) is 38.8 Å². The summed E-state index contributed by atoms with van der Waals surface area (Å²) < 4.78 is 20.6. The molecule has 0 spiro atoms. The van der Waals surface area contributed by atoms with Gasteiger partial charge in [0, 0.05) is 49.1 Å². The lowest BCUT2D eigenvalue weighted by Gasteiger charge is -2.07. The molecule has 28 heavy (non-hydrogen) atoms. The van der Waals surface area contributed by atoms with Crippen molar-refractivity contribution in [3.63, 3.8) is 0 Å². The fraction of sp³-hybridized carbons (Fsp3) is 0.227. The minimum Gasteiger partial charge on any atom is -0.497 e. The number of methoxy groups -OCH3 is 2. The molecule has 4 aromatic rings. The van der Waals surface area contributed by atoms with Gasteiger partial charge in [-0.15, -0.1) is 0 Å². The molecule has 0 radical (unpaired) electrons. The van der Waals surface area contributed by atoms with Gasteiger partial charge in [-0.2, -0.15) is 0 Å². The van der Waals surface area contributed by atoms with Crippen molar-refractivity contribution in [2.75, 3.05) is 14.2 Å². The fourth-order valence-electron chi connectivity index (χ4n) is 3.75. The van der Waals surface area contributed by atoms with Gasteiger partial charge in [-0.3, -0.25) is 4.79 Å². The number of nitrogens with zero attached hydrogens (tertiary/aromatic N) is 2. The molecule has 0 unspecified atom stereocenters. The molecule has 4 rings (SSSR count). The van der Waals surface area contributed by atoms with Gasteiger partial charge in [0.1, 0.15) is 11.5 Å². The molecule has 0 bridgehead atoms. The number of hydrogen-bond acceptors (Lipinski definition) is 4. The van der Waals surface area contributed by atoms with Crippen molar-refractivity contribution in [2.45, 2.75) is 6.92 Å². The van der Waals surface area contributed by atoms with Gasteiger partial charge in [0.25, 0.3) is 0 Å². The van der Waals surface area contributed by atoms with Crippen molar-refractivity contribution < 1.29 is 19.0 Å². The summed E-state index contributed by atoms with van der Waals surface area (Å²) in [6.45, 7) is 1.41. The lowest BCUT2D eigenvalue weighted by molar-refractivity contribution is -0.131. The van der Waals surface area contributed by atoms with Crippen molar-refractivity contribution in [2.24, 2.45) is 14.1 Å². The molecule has 0 amide bonds. The topological polar surface area (TPSA) is 54.6 Å². The highest BCUT2D eigenvalue weighted by atomic mass is 16.5. The minimum absolute atomic E-state index is 0.366. The zero-order valence-electron chi connectivity index (χ0n) is 16.6. The Kier molecular flexibility index (Phi) is 4.26. The van der Waals surface area contributed by atoms with E-state index in [1.165, 1.54) is 6.92 Å². The lowest BCUT2D eigenvalue weighted by atomic mass is 10.1. The van der Waals surface area contributed by atoms with E-state index in [9.17, 15) is 4.79 Å². The maximum absolute atomic E-state index is 11.9. The van der Waals surface area contributed by atoms with Gasteiger partial charge in [-0.05, 0) is 36.4 Å². The fourth-order valence-corrected chi connectivity index (χ4v) is 3.75. The summed E-state index contributed by atoms with van der Waals surface area (Å²) in [5, 5.41) is 1.85. The number of fused-ring (bicyclic) bond motifs is 2. The van der Waals surface area contributed by atoms with Gasteiger partial charge in [-0.25, -0.2) is 0 Å². The highest BCUT2D eigenvalue weighted by Crippen LogP contribution is 2.44. The Morgan fingerprint density at radius 1 is 0.893 bits per heavy atom. The van der Waals surface area contributed by atoms with Crippen LogP contribution in [0.3, 0.4) is 0 Å². The highest BCUT2D eigenvalue weighted by molar-refractivity contribution is 6.04. The molecule has 144 valence electrons. The zero-order valence-corrected chi connectivity index (χ0v) is 16.6. The van der Waals surface area contributed by atoms with Crippen LogP contribution in [0.25, 0.3) is 33.1 Å². The van der Waals surface area contributed by atoms with Gasteiger partial charge in [-0.1, -0.05) is 0 Å². The van der Waals surface area contributed by atoms with Gasteiger partial charge in [0.2, 0.25) is 0 Å². The monoisotopic (exact) mass is 378 g/mol. The first-order valence-corrected chi connectivity index (χ1v) is 8.93. The van der Waals surface area contributed by atoms with E-state index in [0.29, 0.717) is 11.5 Å². The smallest absolute Gasteiger partial charge is 0.308 e. The van der Waals surface area contributed by atoms with E-state index in [2.05, 4.69) is 4.57 Å². The van der Waals surface area contributed by atoms with Gasteiger partial charge in [0.05, 0.1) is 25.4 Å². The second kappa shape index (κ2) is 6.64. The van der Waals surface area contributed by atoms with Crippen LogP contribution in [0, 0.1) is 0 Å². The van der Waals surface area contributed by atoms with Crippen LogP contribution in [0.15, 0.2) is 42.6 Å². The molecule has 0 atom stereocenters. The molecule has 0 fully saturated rings. The maximum Gasteiger partial charge on any atom is 0.308 e. The predicted octanol–water partition coefficient (Wildman–Crippen LogP) is 4.28. The van der Waals surface area contributed by atoms with E-state index in [4.69, 9.17) is 14.2 Å². The molecule has 0 saturated carbocycles. The minimum atomic E-state index is -0.366. The summed E-state index contributed by atoms with van der Waals surface area (Å²) in [6, 6.07) is 11.7. The third-order valence-corrected chi connectivity index (χ3v) is 5.06. The van der Waals surface area contributed by atoms with Crippen molar-refractivity contribution in [3.8, 4) is 28.5 Å². The quantitative estimate of drug-likeness (QED) is 0.498. The number of hydrogen-bond donors (Lipinski definition) is 0. The average molecular weight is 378 g/mol. The van der Waals surface area contributed by atoms with Crippen LogP contribution in [0.1, 0.15) is 6.92 Å². The van der Waals surface area contributed by atoms with E-state index >= 15 is 0 Å². The molecule has 0 N–H and O–H groups in total. The molecule has 2 aromatic carbocycles. The maximum atomic E-state index is 11.9. The zero-order chi connectivity index (χ0) is 20.0. The summed E-state index contributed by atoms with van der Waals surface area (Å²) in [5.74, 6) is 1.64. The first-order chi connectivity index (χ1) is 13.4. The van der Waals surface area contributed by atoms with Gasteiger partial charge >= 0.3 is 5.97 Å². The van der Waals surface area contributed by atoms with Crippen LogP contribution in [-0.2, 0) is 18.9 Å². The molecule has 0 aliphatic heterocycles. The Morgan fingerprint density at radius 2 is 1.50 bits per heavy atom. The van der Waals surface area contributed by atoms with Crippen LogP contribution < -0.4 is 14.2 Å². The summed E-state index contributed by atoms with van der Waals surface area (Å²) in [7, 11) is 7.23. The molecule has 2 heterocycles. The first-order valence-electron chi connectivity index (χ1n) is 8.93. The number of aryl methyl sites for hydroxylation is 2. The number of esters is 1. The molecule has 6 nitrogen and oxygen atoms in total. The van der Waals surface area contributed by atoms with Crippen molar-refractivity contribution >= 4 is 27.8 Å². The predicted molar refractivity (Wildman–Crippen MR) is 109 cm³/mol. The summed E-state index contributed by atoms with van der Waals surface area (Å²) >= 11 is 0. The van der Waals surface area contributed by atoms with E-state index in [1.54, 1.807) is 14.2 Å². The number of carbonyl (C=O) groups excluding carboxylic acids is 1. The molecule has 0 saturated heterocycles. The van der Waals surface area contributed by atoms with Crippen LogP contribution in [0.4, 0.5) is 0 Å². The molecule has 6 heteroatoms. The van der Waals surface area contributed by atoms with Crippen LogP contribution in [0.5, 0.6) is 17.2 Å². The van der Waals surface area contributed by atoms with Crippen LogP contribution >= 0.6 is 0 Å².